The normalized spacial score (nSPS) is 18.5. The van der Waals surface area contributed by atoms with Crippen LogP contribution in [0.3, 0.4) is 0 Å². The summed E-state index contributed by atoms with van der Waals surface area (Å²) in [7, 11) is -2.29. The molecule has 11 heteroatoms. The van der Waals surface area contributed by atoms with Crippen molar-refractivity contribution in [2.24, 2.45) is 5.92 Å². The first kappa shape index (κ1) is 30.2. The number of carbonyl (C=O) groups excluding carboxylic acids is 2. The van der Waals surface area contributed by atoms with E-state index in [-0.39, 0.29) is 48.7 Å². The minimum Gasteiger partial charge on any atom is -0.488 e. The molecule has 218 valence electrons. The molecule has 1 aliphatic rings. The number of fused-ring (bicyclic) bond motifs is 1. The number of carbonyl (C=O) groups is 2. The zero-order valence-corrected chi connectivity index (χ0v) is 24.5. The molecular formula is C30H36N4O6S. The van der Waals surface area contributed by atoms with Crippen molar-refractivity contribution in [3.63, 3.8) is 0 Å². The maximum Gasteiger partial charge on any atom is 0.255 e. The van der Waals surface area contributed by atoms with Crippen molar-refractivity contribution in [3.8, 4) is 5.75 Å². The Bertz CT molecular complexity index is 1480. The lowest BCUT2D eigenvalue weighted by Gasteiger charge is -2.33. The van der Waals surface area contributed by atoms with Crippen LogP contribution in [0.2, 0.25) is 0 Å². The summed E-state index contributed by atoms with van der Waals surface area (Å²) in [6.07, 6.45) is 2.42. The lowest BCUT2D eigenvalue weighted by molar-refractivity contribution is -0.134. The van der Waals surface area contributed by atoms with Gasteiger partial charge in [0.2, 0.25) is 15.9 Å². The molecule has 2 heterocycles. The molecule has 0 aliphatic carbocycles. The number of amides is 2. The lowest BCUT2D eigenvalue weighted by Crippen LogP contribution is -2.48. The highest BCUT2D eigenvalue weighted by atomic mass is 32.2. The number of pyridine rings is 1. The Labute approximate surface area is 241 Å². The summed E-state index contributed by atoms with van der Waals surface area (Å²) < 4.78 is 34.4. The number of aryl methyl sites for hydroxylation is 1. The van der Waals surface area contributed by atoms with Gasteiger partial charge in [-0.15, -0.1) is 0 Å². The smallest absolute Gasteiger partial charge is 0.255 e. The summed E-state index contributed by atoms with van der Waals surface area (Å²) in [5.74, 6) is -0.382. The summed E-state index contributed by atoms with van der Waals surface area (Å²) in [6.45, 7) is 5.63. The number of likely N-dealkylation sites (N-methyl/N-ethyl adjacent to an activating group) is 1. The van der Waals surface area contributed by atoms with Crippen LogP contribution < -0.4 is 10.1 Å². The molecule has 10 nitrogen and oxygen atoms in total. The van der Waals surface area contributed by atoms with E-state index in [1.807, 2.05) is 13.8 Å². The molecular weight excluding hydrogens is 544 g/mol. The van der Waals surface area contributed by atoms with Gasteiger partial charge in [0.25, 0.3) is 5.91 Å². The number of nitrogens with one attached hydrogen (secondary N) is 1. The van der Waals surface area contributed by atoms with Crippen LogP contribution in [0.15, 0.2) is 71.9 Å². The minimum atomic E-state index is -3.80. The predicted molar refractivity (Wildman–Crippen MR) is 155 cm³/mol. The van der Waals surface area contributed by atoms with Crippen LogP contribution in [0.4, 0.5) is 5.69 Å². The Balaban J connectivity index is 1.65. The number of aromatic nitrogens is 1. The SMILES string of the molecule is Cc1ccc(S(=O)(=O)N(C)C[C@@H]2Oc3ccc(NC(=O)c4ccncc4)cc3CC(=O)N([C@H](C)CO)C[C@@H]2C)cc1. The zero-order valence-electron chi connectivity index (χ0n) is 23.6. The summed E-state index contributed by atoms with van der Waals surface area (Å²) in [5.41, 5.74) is 2.41. The molecule has 3 aromatic rings. The largest absolute Gasteiger partial charge is 0.488 e. The molecule has 0 bridgehead atoms. The Hall–Kier alpha value is -3.80. The quantitative estimate of drug-likeness (QED) is 0.419. The topological polar surface area (TPSA) is 129 Å². The van der Waals surface area contributed by atoms with Gasteiger partial charge in [0.05, 0.1) is 30.5 Å². The molecule has 2 aromatic carbocycles. The van der Waals surface area contributed by atoms with Crippen molar-refractivity contribution >= 4 is 27.5 Å². The number of aliphatic hydroxyl groups excluding tert-OH is 1. The molecule has 41 heavy (non-hydrogen) atoms. The van der Waals surface area contributed by atoms with Crippen LogP contribution in [0.25, 0.3) is 0 Å². The Morgan fingerprint density at radius 1 is 1.17 bits per heavy atom. The number of nitrogens with zero attached hydrogens (tertiary/aromatic N) is 3. The highest BCUT2D eigenvalue weighted by Gasteiger charge is 2.33. The highest BCUT2D eigenvalue weighted by molar-refractivity contribution is 7.89. The van der Waals surface area contributed by atoms with Crippen LogP contribution in [0, 0.1) is 12.8 Å². The fraction of sp³-hybridized carbons (Fsp3) is 0.367. The van der Waals surface area contributed by atoms with Gasteiger partial charge in [-0.3, -0.25) is 14.6 Å². The van der Waals surface area contributed by atoms with Gasteiger partial charge in [-0.2, -0.15) is 4.31 Å². The molecule has 0 saturated heterocycles. The lowest BCUT2D eigenvalue weighted by atomic mass is 10.0. The van der Waals surface area contributed by atoms with E-state index >= 15 is 0 Å². The fourth-order valence-electron chi connectivity index (χ4n) is 4.67. The van der Waals surface area contributed by atoms with Gasteiger partial charge in [-0.25, -0.2) is 8.42 Å². The van der Waals surface area contributed by atoms with Crippen LogP contribution in [-0.4, -0.2) is 78.4 Å². The van der Waals surface area contributed by atoms with E-state index in [9.17, 15) is 23.1 Å². The second kappa shape index (κ2) is 12.8. The van der Waals surface area contributed by atoms with Gasteiger partial charge >= 0.3 is 0 Å². The third-order valence-corrected chi connectivity index (χ3v) is 9.12. The molecule has 3 atom stereocenters. The Morgan fingerprint density at radius 3 is 2.51 bits per heavy atom. The van der Waals surface area contributed by atoms with Crippen molar-refractivity contribution in [1.29, 1.82) is 0 Å². The Kier molecular flexibility index (Phi) is 9.42. The van der Waals surface area contributed by atoms with Crippen molar-refractivity contribution in [3.05, 3.63) is 83.7 Å². The van der Waals surface area contributed by atoms with Gasteiger partial charge in [0.1, 0.15) is 11.9 Å². The first-order valence-electron chi connectivity index (χ1n) is 13.4. The van der Waals surface area contributed by atoms with Gasteiger partial charge < -0.3 is 20.1 Å². The zero-order chi connectivity index (χ0) is 29.7. The van der Waals surface area contributed by atoms with E-state index in [2.05, 4.69) is 10.3 Å². The van der Waals surface area contributed by atoms with Crippen molar-refractivity contribution in [1.82, 2.24) is 14.2 Å². The molecule has 0 fully saturated rings. The van der Waals surface area contributed by atoms with E-state index in [4.69, 9.17) is 4.74 Å². The van der Waals surface area contributed by atoms with Gasteiger partial charge in [-0.1, -0.05) is 24.6 Å². The molecule has 0 spiro atoms. The van der Waals surface area contributed by atoms with Crippen LogP contribution in [-0.2, 0) is 21.2 Å². The number of rotatable bonds is 8. The third-order valence-electron chi connectivity index (χ3n) is 7.28. The molecule has 0 radical (unpaired) electrons. The number of hydrogen-bond acceptors (Lipinski definition) is 7. The van der Waals surface area contributed by atoms with Gasteiger partial charge in [0, 0.05) is 48.7 Å². The molecule has 1 aliphatic heterocycles. The number of benzene rings is 2. The summed E-state index contributed by atoms with van der Waals surface area (Å²) in [4.78, 5) is 31.9. The van der Waals surface area contributed by atoms with E-state index in [1.54, 1.807) is 66.4 Å². The molecule has 2 N–H and O–H groups in total. The molecule has 0 unspecified atom stereocenters. The summed E-state index contributed by atoms with van der Waals surface area (Å²) in [5, 5.41) is 12.7. The maximum atomic E-state index is 13.4. The van der Waals surface area contributed by atoms with Crippen molar-refractivity contribution < 1.29 is 27.9 Å². The van der Waals surface area contributed by atoms with Crippen LogP contribution in [0.1, 0.15) is 35.3 Å². The predicted octanol–water partition coefficient (Wildman–Crippen LogP) is 3.11. The summed E-state index contributed by atoms with van der Waals surface area (Å²) in [6, 6.07) is 14.5. The van der Waals surface area contributed by atoms with E-state index in [0.29, 0.717) is 22.6 Å². The second-order valence-electron chi connectivity index (χ2n) is 10.5. The standard InChI is InChI=1S/C30H36N4O6S/c1-20-5-8-26(9-6-20)41(38,39)33(4)18-28-21(2)17-34(22(3)19-35)29(36)16-24-15-25(7-10-27(24)40-28)32-30(37)23-11-13-31-14-12-23/h5-15,21-22,28,35H,16-19H2,1-4H3,(H,32,37)/t21-,22+,28-/m0/s1. The fourth-order valence-corrected chi connectivity index (χ4v) is 5.86. The second-order valence-corrected chi connectivity index (χ2v) is 12.5. The van der Waals surface area contributed by atoms with E-state index in [0.717, 1.165) is 5.56 Å². The number of ether oxygens (including phenoxy) is 1. The first-order chi connectivity index (χ1) is 19.5. The monoisotopic (exact) mass is 580 g/mol. The van der Waals surface area contributed by atoms with Gasteiger partial charge in [0.15, 0.2) is 0 Å². The first-order valence-corrected chi connectivity index (χ1v) is 14.9. The average Bonchev–Trinajstić information content (AvgIpc) is 3.00. The number of anilines is 1. The molecule has 1 aromatic heterocycles. The number of aliphatic hydroxyl groups is 1. The number of sulfonamides is 1. The van der Waals surface area contributed by atoms with Crippen LogP contribution >= 0.6 is 0 Å². The van der Waals surface area contributed by atoms with E-state index in [1.165, 1.54) is 23.7 Å². The third kappa shape index (κ3) is 7.10. The van der Waals surface area contributed by atoms with Gasteiger partial charge in [-0.05, 0) is 56.3 Å². The van der Waals surface area contributed by atoms with Crippen molar-refractivity contribution in [2.45, 2.75) is 44.2 Å². The molecule has 0 saturated carbocycles. The summed E-state index contributed by atoms with van der Waals surface area (Å²) >= 11 is 0. The number of hydrogen-bond donors (Lipinski definition) is 2. The highest BCUT2D eigenvalue weighted by Crippen LogP contribution is 2.30. The maximum absolute atomic E-state index is 13.4. The Morgan fingerprint density at radius 2 is 1.85 bits per heavy atom. The molecule has 4 rings (SSSR count). The van der Waals surface area contributed by atoms with Crippen LogP contribution in [0.5, 0.6) is 5.75 Å². The molecule has 2 amide bonds. The minimum absolute atomic E-state index is 0.0183. The van der Waals surface area contributed by atoms with Crippen molar-refractivity contribution in [2.75, 3.05) is 32.1 Å². The average molecular weight is 581 g/mol. The van der Waals surface area contributed by atoms with E-state index < -0.39 is 22.2 Å².